The van der Waals surface area contributed by atoms with E-state index in [-0.39, 0.29) is 10.5 Å². The normalized spacial score (nSPS) is 17.1. The zero-order chi connectivity index (χ0) is 15.5. The summed E-state index contributed by atoms with van der Waals surface area (Å²) in [6.07, 6.45) is 0.899. The highest BCUT2D eigenvalue weighted by atomic mass is 32.2. The second-order valence-electron chi connectivity index (χ2n) is 4.81. The minimum absolute atomic E-state index is 0.161. The van der Waals surface area contributed by atoms with E-state index in [1.54, 1.807) is 6.07 Å². The van der Waals surface area contributed by atoms with Gasteiger partial charge in [0, 0.05) is 13.1 Å². The van der Waals surface area contributed by atoms with Crippen LogP contribution >= 0.6 is 0 Å². The summed E-state index contributed by atoms with van der Waals surface area (Å²) < 4.78 is 30.9. The zero-order valence-corrected chi connectivity index (χ0v) is 12.5. The van der Waals surface area contributed by atoms with Crippen LogP contribution in [0, 0.1) is 11.3 Å². The van der Waals surface area contributed by atoms with Crippen molar-refractivity contribution in [1.29, 1.82) is 5.26 Å². The van der Waals surface area contributed by atoms with Gasteiger partial charge in [0.1, 0.15) is 6.07 Å². The molecule has 1 saturated heterocycles. The van der Waals surface area contributed by atoms with Gasteiger partial charge in [-0.2, -0.15) is 9.57 Å². The number of rotatable bonds is 4. The van der Waals surface area contributed by atoms with Crippen LogP contribution < -0.4 is 0 Å². The summed E-state index contributed by atoms with van der Waals surface area (Å²) >= 11 is 0. The molecule has 1 unspecified atom stereocenters. The summed E-state index contributed by atoms with van der Waals surface area (Å²) in [6.45, 7) is 2.53. The summed E-state index contributed by atoms with van der Waals surface area (Å²) in [5, 5.41) is 8.59. The first-order valence-electron chi connectivity index (χ1n) is 6.66. The molecule has 0 spiro atoms. The van der Waals surface area contributed by atoms with Crippen LogP contribution in [0.4, 0.5) is 0 Å². The van der Waals surface area contributed by atoms with Gasteiger partial charge in [0.15, 0.2) is 6.10 Å². The Morgan fingerprint density at radius 1 is 1.29 bits per heavy atom. The number of carbonyl (C=O) groups excluding carboxylic acids is 1. The second kappa shape index (κ2) is 6.24. The highest BCUT2D eigenvalue weighted by Crippen LogP contribution is 2.21. The van der Waals surface area contributed by atoms with Crippen molar-refractivity contribution < 1.29 is 17.9 Å². The molecule has 0 bridgehead atoms. The Labute approximate surface area is 124 Å². The van der Waals surface area contributed by atoms with Gasteiger partial charge in [0.25, 0.3) is 0 Å². The number of hydrogen-bond donors (Lipinski definition) is 0. The number of nitrogens with zero attached hydrogens (tertiary/aromatic N) is 2. The maximum absolute atomic E-state index is 12.3. The maximum Gasteiger partial charge on any atom is 0.339 e. The fourth-order valence-electron chi connectivity index (χ4n) is 2.10. The molecule has 1 aliphatic heterocycles. The largest absolute Gasteiger partial charge is 0.444 e. The molecule has 0 aromatic heterocycles. The van der Waals surface area contributed by atoms with E-state index < -0.39 is 22.1 Å². The van der Waals surface area contributed by atoms with Gasteiger partial charge in [0.05, 0.1) is 10.5 Å². The summed E-state index contributed by atoms with van der Waals surface area (Å²) in [6, 6.07) is 7.37. The molecule has 1 aliphatic rings. The lowest BCUT2D eigenvalue weighted by Crippen LogP contribution is -2.27. The molecule has 0 aliphatic carbocycles. The highest BCUT2D eigenvalue weighted by molar-refractivity contribution is 7.89. The molecule has 1 atom stereocenters. The van der Waals surface area contributed by atoms with Crippen LogP contribution in [0.1, 0.15) is 30.1 Å². The molecule has 7 heteroatoms. The van der Waals surface area contributed by atoms with Crippen LogP contribution in [0.3, 0.4) is 0 Å². The van der Waals surface area contributed by atoms with Crippen molar-refractivity contribution in [3.8, 4) is 6.07 Å². The molecule has 1 heterocycles. The van der Waals surface area contributed by atoms with Crippen molar-refractivity contribution in [2.45, 2.75) is 30.8 Å². The zero-order valence-electron chi connectivity index (χ0n) is 11.7. The summed E-state index contributed by atoms with van der Waals surface area (Å²) in [5.74, 6) is -0.644. The Balaban J connectivity index is 2.15. The van der Waals surface area contributed by atoms with Crippen molar-refractivity contribution in [1.82, 2.24) is 4.31 Å². The minimum atomic E-state index is -3.48. The first-order chi connectivity index (χ1) is 9.95. The van der Waals surface area contributed by atoms with E-state index in [2.05, 4.69) is 0 Å². The standard InChI is InChI=1S/C14H16N2O4S/c1-11(10-15)20-14(17)12-4-6-13(7-5-12)21(18,19)16-8-2-3-9-16/h4-7,11H,2-3,8-9H2,1H3. The highest BCUT2D eigenvalue weighted by Gasteiger charge is 2.27. The lowest BCUT2D eigenvalue weighted by atomic mass is 10.2. The lowest BCUT2D eigenvalue weighted by Gasteiger charge is -2.15. The maximum atomic E-state index is 12.3. The van der Waals surface area contributed by atoms with Crippen molar-refractivity contribution in [3.05, 3.63) is 29.8 Å². The Kier molecular flexibility index (Phi) is 4.60. The van der Waals surface area contributed by atoms with Crippen molar-refractivity contribution in [2.24, 2.45) is 0 Å². The van der Waals surface area contributed by atoms with Crippen LogP contribution in [-0.2, 0) is 14.8 Å². The third kappa shape index (κ3) is 3.40. The molecular weight excluding hydrogens is 292 g/mol. The number of ether oxygens (including phenoxy) is 1. The molecular formula is C14H16N2O4S. The third-order valence-corrected chi connectivity index (χ3v) is 5.17. The van der Waals surface area contributed by atoms with Crippen LogP contribution in [0.25, 0.3) is 0 Å². The number of esters is 1. The van der Waals surface area contributed by atoms with E-state index in [0.29, 0.717) is 13.1 Å². The Hall–Kier alpha value is -1.91. The molecule has 0 N–H and O–H groups in total. The third-order valence-electron chi connectivity index (χ3n) is 3.26. The summed E-state index contributed by atoms with van der Waals surface area (Å²) in [4.78, 5) is 11.9. The molecule has 112 valence electrons. The number of benzene rings is 1. The Bertz CT molecular complexity index is 655. The van der Waals surface area contributed by atoms with Gasteiger partial charge in [-0.05, 0) is 44.0 Å². The topological polar surface area (TPSA) is 87.5 Å². The van der Waals surface area contributed by atoms with Crippen LogP contribution in [0.2, 0.25) is 0 Å². The second-order valence-corrected chi connectivity index (χ2v) is 6.75. The fraction of sp³-hybridized carbons (Fsp3) is 0.429. The molecule has 21 heavy (non-hydrogen) atoms. The quantitative estimate of drug-likeness (QED) is 0.787. The average molecular weight is 308 g/mol. The molecule has 0 saturated carbocycles. The van der Waals surface area contributed by atoms with Crippen LogP contribution in [-0.4, -0.2) is 37.9 Å². The SMILES string of the molecule is CC(C#N)OC(=O)c1ccc(S(=O)(=O)N2CCCC2)cc1. The molecule has 1 fully saturated rings. The first-order valence-corrected chi connectivity index (χ1v) is 8.10. The number of carbonyl (C=O) groups is 1. The number of sulfonamides is 1. The van der Waals surface area contributed by atoms with Crippen molar-refractivity contribution in [2.75, 3.05) is 13.1 Å². The van der Waals surface area contributed by atoms with Gasteiger partial charge >= 0.3 is 5.97 Å². The van der Waals surface area contributed by atoms with Crippen LogP contribution in [0.5, 0.6) is 0 Å². The van der Waals surface area contributed by atoms with E-state index in [0.717, 1.165) is 12.8 Å². The first kappa shape index (κ1) is 15.5. The van der Waals surface area contributed by atoms with E-state index in [1.165, 1.54) is 35.5 Å². The Morgan fingerprint density at radius 2 is 1.86 bits per heavy atom. The number of hydrogen-bond acceptors (Lipinski definition) is 5. The predicted molar refractivity (Wildman–Crippen MR) is 74.9 cm³/mol. The fourth-order valence-corrected chi connectivity index (χ4v) is 3.61. The van der Waals surface area contributed by atoms with E-state index in [9.17, 15) is 13.2 Å². The van der Waals surface area contributed by atoms with Gasteiger partial charge in [0.2, 0.25) is 10.0 Å². The molecule has 0 radical (unpaired) electrons. The average Bonchev–Trinajstić information content (AvgIpc) is 3.02. The molecule has 6 nitrogen and oxygen atoms in total. The Morgan fingerprint density at radius 3 is 2.38 bits per heavy atom. The van der Waals surface area contributed by atoms with Gasteiger partial charge in [-0.1, -0.05) is 0 Å². The monoisotopic (exact) mass is 308 g/mol. The molecule has 1 aromatic carbocycles. The molecule has 1 aromatic rings. The lowest BCUT2D eigenvalue weighted by molar-refractivity contribution is 0.0435. The van der Waals surface area contributed by atoms with E-state index in [4.69, 9.17) is 10.00 Å². The van der Waals surface area contributed by atoms with Gasteiger partial charge in [-0.15, -0.1) is 0 Å². The van der Waals surface area contributed by atoms with Gasteiger partial charge < -0.3 is 4.74 Å². The summed E-state index contributed by atoms with van der Waals surface area (Å²) in [5.41, 5.74) is 0.220. The predicted octanol–water partition coefficient (Wildman–Crippen LogP) is 1.54. The van der Waals surface area contributed by atoms with E-state index >= 15 is 0 Å². The van der Waals surface area contributed by atoms with Crippen molar-refractivity contribution >= 4 is 16.0 Å². The van der Waals surface area contributed by atoms with Crippen molar-refractivity contribution in [3.63, 3.8) is 0 Å². The number of nitriles is 1. The van der Waals surface area contributed by atoms with Crippen LogP contribution in [0.15, 0.2) is 29.2 Å². The van der Waals surface area contributed by atoms with E-state index in [1.807, 2.05) is 0 Å². The minimum Gasteiger partial charge on any atom is -0.444 e. The van der Waals surface area contributed by atoms with Gasteiger partial charge in [-0.3, -0.25) is 0 Å². The summed E-state index contributed by atoms with van der Waals surface area (Å²) in [7, 11) is -3.48. The van der Waals surface area contributed by atoms with Gasteiger partial charge in [-0.25, -0.2) is 13.2 Å². The molecule has 0 amide bonds. The smallest absolute Gasteiger partial charge is 0.339 e. The molecule has 2 rings (SSSR count).